The molecule has 2 aromatic carbocycles. The zero-order chi connectivity index (χ0) is 19.9. The summed E-state index contributed by atoms with van der Waals surface area (Å²) in [5.74, 6) is 1.32. The van der Waals surface area contributed by atoms with Crippen molar-refractivity contribution in [2.75, 3.05) is 23.5 Å². The molecule has 0 unspecified atom stereocenters. The van der Waals surface area contributed by atoms with Crippen LogP contribution >= 0.6 is 11.8 Å². The monoisotopic (exact) mass is 398 g/mol. The van der Waals surface area contributed by atoms with Crippen molar-refractivity contribution in [3.05, 3.63) is 59.5 Å². The van der Waals surface area contributed by atoms with E-state index < -0.39 is 0 Å². The van der Waals surface area contributed by atoms with Crippen molar-refractivity contribution < 1.29 is 13.9 Å². The molecule has 0 aliphatic heterocycles. The second-order valence-corrected chi connectivity index (χ2v) is 7.05. The summed E-state index contributed by atoms with van der Waals surface area (Å²) < 4.78 is 10.7. The van der Waals surface area contributed by atoms with Crippen LogP contribution in [-0.2, 0) is 11.3 Å². The molecule has 1 amide bonds. The fraction of sp³-hybridized carbons (Fsp3) is 0.250. The van der Waals surface area contributed by atoms with E-state index in [2.05, 4.69) is 20.8 Å². The van der Waals surface area contributed by atoms with Crippen LogP contribution in [0.3, 0.4) is 0 Å². The first-order valence-corrected chi connectivity index (χ1v) is 9.73. The van der Waals surface area contributed by atoms with Crippen LogP contribution in [0.2, 0.25) is 0 Å². The van der Waals surface area contributed by atoms with Gasteiger partial charge in [-0.3, -0.25) is 4.79 Å². The lowest BCUT2D eigenvalue weighted by atomic mass is 10.1. The lowest BCUT2D eigenvalue weighted by molar-refractivity contribution is -0.113. The molecule has 1 heterocycles. The smallest absolute Gasteiger partial charge is 0.277 e. The lowest BCUT2D eigenvalue weighted by Crippen LogP contribution is -2.15. The number of rotatable bonds is 8. The fourth-order valence-electron chi connectivity index (χ4n) is 2.45. The molecule has 3 rings (SSSR count). The number of methoxy groups -OCH3 is 1. The quantitative estimate of drug-likeness (QED) is 0.554. The minimum absolute atomic E-state index is 0.116. The highest BCUT2D eigenvalue weighted by Gasteiger charge is 2.11. The topological polar surface area (TPSA) is 89.3 Å². The van der Waals surface area contributed by atoms with Crippen LogP contribution in [0.5, 0.6) is 5.75 Å². The summed E-state index contributed by atoms with van der Waals surface area (Å²) in [5, 5.41) is 14.4. The Bertz CT molecular complexity index is 941. The van der Waals surface area contributed by atoms with Crippen molar-refractivity contribution in [2.24, 2.45) is 0 Å². The van der Waals surface area contributed by atoms with Crippen molar-refractivity contribution >= 4 is 29.0 Å². The normalized spacial score (nSPS) is 10.5. The Hall–Kier alpha value is -3.00. The van der Waals surface area contributed by atoms with Crippen molar-refractivity contribution in [1.82, 2.24) is 10.2 Å². The van der Waals surface area contributed by atoms with Gasteiger partial charge in [0.1, 0.15) is 5.75 Å². The number of nitrogens with one attached hydrogen (secondary N) is 2. The van der Waals surface area contributed by atoms with Gasteiger partial charge in [0, 0.05) is 11.4 Å². The molecule has 8 heteroatoms. The van der Waals surface area contributed by atoms with Crippen LogP contribution < -0.4 is 15.4 Å². The first-order valence-electron chi connectivity index (χ1n) is 8.74. The van der Waals surface area contributed by atoms with Gasteiger partial charge in [0.25, 0.3) is 5.22 Å². The third-order valence-electron chi connectivity index (χ3n) is 4.19. The molecular formula is C20H22N4O3S. The summed E-state index contributed by atoms with van der Waals surface area (Å²) in [7, 11) is 1.63. The van der Waals surface area contributed by atoms with Crippen molar-refractivity contribution in [1.29, 1.82) is 0 Å². The maximum Gasteiger partial charge on any atom is 0.277 e. The van der Waals surface area contributed by atoms with E-state index in [0.29, 0.717) is 17.7 Å². The van der Waals surface area contributed by atoms with Crippen LogP contribution in [-0.4, -0.2) is 29.0 Å². The molecule has 0 saturated heterocycles. The summed E-state index contributed by atoms with van der Waals surface area (Å²) in [4.78, 5) is 12.2. The van der Waals surface area contributed by atoms with E-state index in [1.165, 1.54) is 11.8 Å². The summed E-state index contributed by atoms with van der Waals surface area (Å²) >= 11 is 1.21. The first-order chi connectivity index (χ1) is 13.5. The molecule has 0 aliphatic carbocycles. The van der Waals surface area contributed by atoms with Crippen LogP contribution in [0, 0.1) is 13.8 Å². The van der Waals surface area contributed by atoms with Crippen LogP contribution in [0.4, 0.5) is 11.4 Å². The van der Waals surface area contributed by atoms with Crippen LogP contribution in [0.25, 0.3) is 0 Å². The van der Waals surface area contributed by atoms with Gasteiger partial charge in [-0.2, -0.15) is 0 Å². The second kappa shape index (κ2) is 9.27. The zero-order valence-electron chi connectivity index (χ0n) is 16.0. The molecular weight excluding hydrogens is 376 g/mol. The predicted octanol–water partition coefficient (Wildman–Crippen LogP) is 4.04. The average molecular weight is 398 g/mol. The number of carbonyl (C=O) groups excluding carboxylic acids is 1. The summed E-state index contributed by atoms with van der Waals surface area (Å²) in [6, 6.07) is 13.4. The van der Waals surface area contributed by atoms with E-state index in [-0.39, 0.29) is 11.7 Å². The Morgan fingerprint density at radius 2 is 1.93 bits per heavy atom. The highest BCUT2D eigenvalue weighted by Crippen LogP contribution is 2.21. The molecule has 0 bridgehead atoms. The van der Waals surface area contributed by atoms with Crippen LogP contribution in [0.15, 0.2) is 52.1 Å². The van der Waals surface area contributed by atoms with E-state index in [9.17, 15) is 4.79 Å². The zero-order valence-corrected chi connectivity index (χ0v) is 16.8. The summed E-state index contributed by atoms with van der Waals surface area (Å²) in [6.07, 6.45) is 0. The second-order valence-electron chi connectivity index (χ2n) is 6.13. The molecule has 0 aliphatic rings. The Morgan fingerprint density at radius 3 is 2.68 bits per heavy atom. The van der Waals surface area contributed by atoms with Crippen molar-refractivity contribution in [3.8, 4) is 5.75 Å². The molecule has 146 valence electrons. The first kappa shape index (κ1) is 19.8. The number of ether oxygens (including phenoxy) is 1. The van der Waals surface area contributed by atoms with E-state index in [1.54, 1.807) is 7.11 Å². The van der Waals surface area contributed by atoms with Gasteiger partial charge in [-0.05, 0) is 55.3 Å². The Morgan fingerprint density at radius 1 is 1.14 bits per heavy atom. The van der Waals surface area contributed by atoms with E-state index in [4.69, 9.17) is 9.15 Å². The Balaban J connectivity index is 1.47. The molecule has 0 spiro atoms. The number of amides is 1. The minimum atomic E-state index is -0.116. The van der Waals surface area contributed by atoms with Gasteiger partial charge in [-0.15, -0.1) is 10.2 Å². The number of anilines is 2. The highest BCUT2D eigenvalue weighted by atomic mass is 32.2. The highest BCUT2D eigenvalue weighted by molar-refractivity contribution is 7.99. The number of hydrogen-bond donors (Lipinski definition) is 2. The van der Waals surface area contributed by atoms with Gasteiger partial charge in [-0.25, -0.2) is 0 Å². The Kier molecular flexibility index (Phi) is 6.54. The SMILES string of the molecule is COc1ccc(NCc2nnc(SCC(=O)Nc3cccc(C)c3C)o2)cc1. The number of hydrogen-bond acceptors (Lipinski definition) is 7. The number of carbonyl (C=O) groups is 1. The van der Waals surface area contributed by atoms with Crippen LogP contribution in [0.1, 0.15) is 17.0 Å². The molecule has 0 saturated carbocycles. The number of aromatic nitrogens is 2. The van der Waals surface area contributed by atoms with E-state index in [0.717, 1.165) is 28.3 Å². The van der Waals surface area contributed by atoms with Gasteiger partial charge < -0.3 is 19.8 Å². The molecule has 0 fully saturated rings. The summed E-state index contributed by atoms with van der Waals surface area (Å²) in [5.41, 5.74) is 3.93. The standard InChI is InChI=1S/C20H22N4O3S/c1-13-5-4-6-17(14(13)2)22-18(25)12-28-20-24-23-19(27-20)11-21-15-7-9-16(26-3)10-8-15/h4-10,21H,11-12H2,1-3H3,(H,22,25). The molecule has 1 aromatic heterocycles. The molecule has 0 atom stereocenters. The maximum atomic E-state index is 12.2. The van der Waals surface area contributed by atoms with E-state index >= 15 is 0 Å². The lowest BCUT2D eigenvalue weighted by Gasteiger charge is -2.09. The minimum Gasteiger partial charge on any atom is -0.497 e. The van der Waals surface area contributed by atoms with Gasteiger partial charge in [-0.1, -0.05) is 23.9 Å². The third kappa shape index (κ3) is 5.26. The maximum absolute atomic E-state index is 12.2. The molecule has 2 N–H and O–H groups in total. The third-order valence-corrected chi connectivity index (χ3v) is 5.01. The number of benzene rings is 2. The Labute approximate surface area is 167 Å². The fourth-order valence-corrected chi connectivity index (χ4v) is 3.04. The number of aryl methyl sites for hydroxylation is 1. The molecule has 3 aromatic rings. The van der Waals surface area contributed by atoms with Gasteiger partial charge in [0.05, 0.1) is 19.4 Å². The molecule has 28 heavy (non-hydrogen) atoms. The van der Waals surface area contributed by atoms with Gasteiger partial charge in [0.15, 0.2) is 0 Å². The van der Waals surface area contributed by atoms with Gasteiger partial charge >= 0.3 is 0 Å². The largest absolute Gasteiger partial charge is 0.497 e. The number of nitrogens with zero attached hydrogens (tertiary/aromatic N) is 2. The predicted molar refractivity (Wildman–Crippen MR) is 110 cm³/mol. The number of thioether (sulfide) groups is 1. The molecule has 0 radical (unpaired) electrons. The van der Waals surface area contributed by atoms with Crippen molar-refractivity contribution in [2.45, 2.75) is 25.6 Å². The van der Waals surface area contributed by atoms with E-state index in [1.807, 2.05) is 56.3 Å². The van der Waals surface area contributed by atoms with Gasteiger partial charge in [0.2, 0.25) is 11.8 Å². The average Bonchev–Trinajstić information content (AvgIpc) is 3.17. The molecule has 7 nitrogen and oxygen atoms in total. The van der Waals surface area contributed by atoms with Crippen molar-refractivity contribution in [3.63, 3.8) is 0 Å². The summed E-state index contributed by atoms with van der Waals surface area (Å²) in [6.45, 7) is 4.40.